The van der Waals surface area contributed by atoms with Crippen molar-refractivity contribution < 1.29 is 79.5 Å². The van der Waals surface area contributed by atoms with Crippen molar-refractivity contribution >= 4 is 67.5 Å². The number of hydrogen-bond acceptors (Lipinski definition) is 16. The SMILES string of the molecule is C.CC(C(=O)O)c1ccc(C#N)cc1.CCOC(=O)C(C)c1ccc(C#N)cc1.CCOC(=O)Cc1ccc(Br)cc1.CCOC(=O)Cc1ccc(C#N)cc1.Cc1cccc(-c2nc(C(F)(F)F)ccc2CCC(=O)C(C)c2ccc(C#N)cc2)c1.Cc1cccc(-c2nc(C(F)(F)F)ccc2CN)c1.O=C(O)Cc1ccc(Br)cc1. The van der Waals surface area contributed by atoms with E-state index in [0.29, 0.717) is 82.0 Å². The van der Waals surface area contributed by atoms with Crippen LogP contribution in [0.15, 0.2) is 227 Å². The highest BCUT2D eigenvalue weighted by molar-refractivity contribution is 9.10. The summed E-state index contributed by atoms with van der Waals surface area (Å²) in [6, 6.07) is 69.2. The third kappa shape index (κ3) is 35.4. The van der Waals surface area contributed by atoms with Gasteiger partial charge in [0.05, 0.1) is 109 Å². The van der Waals surface area contributed by atoms with Gasteiger partial charge in [-0.25, -0.2) is 9.97 Å². The molecule has 0 fully saturated rings. The summed E-state index contributed by atoms with van der Waals surface area (Å²) in [4.78, 5) is 74.7. The number of rotatable bonds is 21. The first kappa shape index (κ1) is 98.7. The zero-order valence-corrected chi connectivity index (χ0v) is 67.9. The van der Waals surface area contributed by atoms with E-state index in [1.807, 2.05) is 86.7 Å². The number of ether oxygens (including phenoxy) is 3. The molecular weight excluding hydrogens is 1640 g/mol. The molecule has 0 saturated carbocycles. The number of carboxylic acid groups (broad SMARTS) is 2. The molecule has 0 aliphatic rings. The Morgan fingerprint density at radius 1 is 0.453 bits per heavy atom. The summed E-state index contributed by atoms with van der Waals surface area (Å²) in [5.74, 6) is -3.51. The molecule has 2 heterocycles. The van der Waals surface area contributed by atoms with Gasteiger partial charge in [-0.3, -0.25) is 28.8 Å². The van der Waals surface area contributed by atoms with Crippen molar-refractivity contribution in [3.63, 3.8) is 0 Å². The number of nitrogens with zero attached hydrogens (tertiary/aromatic N) is 6. The molecule has 610 valence electrons. The minimum atomic E-state index is -4.54. The van der Waals surface area contributed by atoms with Gasteiger partial charge < -0.3 is 30.2 Å². The summed E-state index contributed by atoms with van der Waals surface area (Å²) in [5.41, 5.74) is 15.8. The largest absolute Gasteiger partial charge is 0.481 e. The molecule has 26 heteroatoms. The number of benzene rings is 8. The molecule has 18 nitrogen and oxygen atoms in total. The molecule has 4 N–H and O–H groups in total. The maximum atomic E-state index is 13.2. The summed E-state index contributed by atoms with van der Waals surface area (Å²) < 4.78 is 94.3. The van der Waals surface area contributed by atoms with Crippen LogP contribution in [0.25, 0.3) is 22.5 Å². The third-order valence-corrected chi connectivity index (χ3v) is 17.7. The smallest absolute Gasteiger partial charge is 0.433 e. The van der Waals surface area contributed by atoms with Crippen LogP contribution in [0.3, 0.4) is 0 Å². The Bertz CT molecular complexity index is 5040. The highest BCUT2D eigenvalue weighted by Crippen LogP contribution is 2.34. The number of carbonyl (C=O) groups excluding carboxylic acids is 4. The zero-order valence-electron chi connectivity index (χ0n) is 64.7. The van der Waals surface area contributed by atoms with Gasteiger partial charge in [-0.15, -0.1) is 0 Å². The van der Waals surface area contributed by atoms with Crippen LogP contribution in [0.2, 0.25) is 0 Å². The lowest BCUT2D eigenvalue weighted by atomic mass is 9.91. The van der Waals surface area contributed by atoms with Crippen molar-refractivity contribution in [2.24, 2.45) is 5.73 Å². The topological polar surface area (TPSA) is 318 Å². The Morgan fingerprint density at radius 2 is 0.786 bits per heavy atom. The summed E-state index contributed by atoms with van der Waals surface area (Å²) in [6.07, 6.45) is -7.84. The van der Waals surface area contributed by atoms with Crippen molar-refractivity contribution in [2.75, 3.05) is 19.8 Å². The molecular formula is C91H89Br2F6N7O11. The Hall–Kier alpha value is -12.5. The predicted octanol–water partition coefficient (Wildman–Crippen LogP) is 20.7. The number of hydrogen-bond donors (Lipinski definition) is 3. The van der Waals surface area contributed by atoms with Crippen LogP contribution in [0, 0.1) is 59.2 Å². The van der Waals surface area contributed by atoms with Crippen LogP contribution < -0.4 is 5.73 Å². The van der Waals surface area contributed by atoms with Crippen LogP contribution >= 0.6 is 31.9 Å². The van der Waals surface area contributed by atoms with Gasteiger partial charge in [-0.1, -0.05) is 179 Å². The van der Waals surface area contributed by atoms with Crippen molar-refractivity contribution in [1.82, 2.24) is 9.97 Å². The number of halogens is 8. The fraction of sp³-hybridized carbons (Fsp3) is 0.253. The van der Waals surface area contributed by atoms with Gasteiger partial charge in [-0.05, 0) is 196 Å². The van der Waals surface area contributed by atoms with E-state index in [-0.39, 0.29) is 80.9 Å². The minimum absolute atomic E-state index is 0. The molecule has 3 unspecified atom stereocenters. The Labute approximate surface area is 694 Å². The van der Waals surface area contributed by atoms with Crippen LogP contribution in [0.5, 0.6) is 0 Å². The number of alkyl halides is 6. The maximum absolute atomic E-state index is 13.2. The monoisotopic (exact) mass is 1730 g/mol. The number of carbonyl (C=O) groups is 6. The lowest BCUT2D eigenvalue weighted by molar-refractivity contribution is -0.145. The van der Waals surface area contributed by atoms with E-state index in [2.05, 4.69) is 41.8 Å². The number of pyridine rings is 2. The summed E-state index contributed by atoms with van der Waals surface area (Å²) in [7, 11) is 0. The Kier molecular flexibility index (Phi) is 42.8. The average Bonchev–Trinajstić information content (AvgIpc) is 0.807. The number of nitrogens with two attached hydrogens (primary N) is 1. The number of carboxylic acids is 2. The van der Waals surface area contributed by atoms with Crippen molar-refractivity contribution in [1.29, 1.82) is 21.0 Å². The molecule has 117 heavy (non-hydrogen) atoms. The molecule has 0 spiro atoms. The van der Waals surface area contributed by atoms with E-state index >= 15 is 0 Å². The Balaban J connectivity index is 0.000000364. The molecule has 0 aliphatic heterocycles. The first-order chi connectivity index (χ1) is 55.1. The number of ketones is 1. The number of nitriles is 4. The van der Waals surface area contributed by atoms with Gasteiger partial charge in [0.15, 0.2) is 0 Å². The molecule has 0 aliphatic carbocycles. The van der Waals surface area contributed by atoms with E-state index < -0.39 is 41.6 Å². The van der Waals surface area contributed by atoms with Crippen LogP contribution in [0.4, 0.5) is 26.3 Å². The molecule has 10 rings (SSSR count). The second kappa shape index (κ2) is 50.7. The fourth-order valence-corrected chi connectivity index (χ4v) is 10.9. The summed E-state index contributed by atoms with van der Waals surface area (Å²) in [5, 5.41) is 51.7. The quantitative estimate of drug-likeness (QED) is 0.0342. The van der Waals surface area contributed by atoms with Gasteiger partial charge in [-0.2, -0.15) is 47.4 Å². The summed E-state index contributed by atoms with van der Waals surface area (Å²) >= 11 is 6.59. The highest BCUT2D eigenvalue weighted by atomic mass is 79.9. The molecule has 0 saturated heterocycles. The van der Waals surface area contributed by atoms with Gasteiger partial charge in [0.25, 0.3) is 0 Å². The second-order valence-electron chi connectivity index (χ2n) is 25.4. The van der Waals surface area contributed by atoms with Crippen LogP contribution in [-0.2, 0) is 87.6 Å². The molecule has 3 atom stereocenters. The predicted molar refractivity (Wildman–Crippen MR) is 441 cm³/mol. The number of aromatic nitrogens is 2. The van der Waals surface area contributed by atoms with E-state index in [9.17, 15) is 55.1 Å². The highest BCUT2D eigenvalue weighted by Gasteiger charge is 2.34. The van der Waals surface area contributed by atoms with Crippen molar-refractivity contribution in [3.05, 3.63) is 317 Å². The third-order valence-electron chi connectivity index (χ3n) is 16.7. The Morgan fingerprint density at radius 3 is 1.12 bits per heavy atom. The fourth-order valence-electron chi connectivity index (χ4n) is 10.3. The van der Waals surface area contributed by atoms with E-state index in [1.165, 1.54) is 12.1 Å². The van der Waals surface area contributed by atoms with Gasteiger partial charge in [0, 0.05) is 39.0 Å². The molecule has 10 aromatic rings. The van der Waals surface area contributed by atoms with Crippen molar-refractivity contribution in [2.45, 2.75) is 132 Å². The number of aryl methyl sites for hydroxylation is 3. The lowest BCUT2D eigenvalue weighted by Gasteiger charge is -2.15. The molecule has 0 radical (unpaired) electrons. The number of esters is 3. The van der Waals surface area contributed by atoms with Gasteiger partial charge in [0.2, 0.25) is 0 Å². The standard InChI is InChI=1S/C25H21F3N2O.C14H13F3N2.C12H13NO2.C11H11NO2.C10H11BrO2.C10H9NO2.C8H7BrO2.CH4/c1-16-4-3-5-21(14-16)24-20(11-13-23(30-24)25(26,27)28)10-12-22(31)17(2)19-8-6-18(15-29)7-9-19;1-9-3-2-4-10(7-9)13-11(8-18)5-6-12(19-13)14(15,16)17;1-3-15-12(14)9(2)11-6-4-10(8-13)5-7-11;1-2-14-11(13)7-9-3-5-10(8-12)6-4-9;1-2-13-10(12)7-8-3-5-9(11)6-4-8;1-7(10(12)13)9-4-2-8(6-11)3-5-9;9-7-3-1-6(2-4-7)5-8(10)11;/h3-9,11,13-14,17H,10,12H2,1-2H3;2-7H,8,18H2,1H3;4-7,9H,3H2,1-2H3;3-6H,2,7H2,1H3;3-6H,2,7H2,1H3;2-5,7H,1H3,(H,12,13);1-4H,5H2,(H,10,11);1H4. The number of aliphatic carboxylic acids is 2. The molecule has 8 aromatic carbocycles. The second-order valence-corrected chi connectivity index (χ2v) is 27.2. The zero-order chi connectivity index (χ0) is 86.1. The van der Waals surface area contributed by atoms with E-state index in [0.717, 1.165) is 60.0 Å². The van der Waals surface area contributed by atoms with Gasteiger partial charge >= 0.3 is 42.2 Å². The maximum Gasteiger partial charge on any atom is 0.433 e. The summed E-state index contributed by atoms with van der Waals surface area (Å²) in [6.45, 7) is 15.7. The van der Waals surface area contributed by atoms with Crippen LogP contribution in [0.1, 0.15) is 162 Å². The minimum Gasteiger partial charge on any atom is -0.481 e. The first-order valence-corrected chi connectivity index (χ1v) is 37.6. The van der Waals surface area contributed by atoms with E-state index in [1.54, 1.807) is 187 Å². The molecule has 0 bridgehead atoms. The van der Waals surface area contributed by atoms with Gasteiger partial charge in [0.1, 0.15) is 17.2 Å². The van der Waals surface area contributed by atoms with E-state index in [4.69, 9.17) is 51.2 Å². The molecule has 2 aromatic heterocycles. The molecule has 0 amide bonds. The normalized spacial score (nSPS) is 11.0. The van der Waals surface area contributed by atoms with Crippen LogP contribution in [-0.4, -0.2) is 75.6 Å². The van der Waals surface area contributed by atoms with Crippen molar-refractivity contribution in [3.8, 4) is 46.8 Å². The lowest BCUT2D eigenvalue weighted by Crippen LogP contribution is -2.12. The number of Topliss-reactive ketones (excluding diaryl/α,β-unsaturated/α-hetero) is 1. The average molecular weight is 1730 g/mol. The first-order valence-electron chi connectivity index (χ1n) is 36.0.